The van der Waals surface area contributed by atoms with Gasteiger partial charge in [0.05, 0.1) is 11.4 Å². The van der Waals surface area contributed by atoms with Crippen LogP contribution in [0.2, 0.25) is 5.15 Å². The SMILES string of the molecule is CCSc1nc(Cl)cc(-c2ccccc2)n1.CCSc1nc(NC)cc(-c2ccccc2)n1. The van der Waals surface area contributed by atoms with Crippen LogP contribution in [0.3, 0.4) is 0 Å². The number of anilines is 1. The summed E-state index contributed by atoms with van der Waals surface area (Å²) in [6.45, 7) is 4.17. The minimum atomic E-state index is 0.491. The van der Waals surface area contributed by atoms with Crippen molar-refractivity contribution in [3.63, 3.8) is 0 Å². The van der Waals surface area contributed by atoms with Gasteiger partial charge in [0.1, 0.15) is 11.0 Å². The summed E-state index contributed by atoms with van der Waals surface area (Å²) in [6, 6.07) is 23.9. The highest BCUT2D eigenvalue weighted by Crippen LogP contribution is 2.24. The highest BCUT2D eigenvalue weighted by atomic mass is 35.5. The number of hydrogen-bond acceptors (Lipinski definition) is 7. The van der Waals surface area contributed by atoms with Crippen molar-refractivity contribution < 1.29 is 0 Å². The van der Waals surface area contributed by atoms with Crippen LogP contribution >= 0.6 is 35.1 Å². The summed E-state index contributed by atoms with van der Waals surface area (Å²) in [4.78, 5) is 17.6. The second-order valence-electron chi connectivity index (χ2n) is 6.63. The average molecular weight is 496 g/mol. The lowest BCUT2D eigenvalue weighted by molar-refractivity contribution is 0.974. The Morgan fingerprint density at radius 1 is 0.697 bits per heavy atom. The predicted molar refractivity (Wildman–Crippen MR) is 142 cm³/mol. The number of benzene rings is 2. The van der Waals surface area contributed by atoms with Crippen LogP contribution in [0.4, 0.5) is 5.82 Å². The fraction of sp³-hybridized carbons (Fsp3) is 0.200. The van der Waals surface area contributed by atoms with E-state index in [-0.39, 0.29) is 0 Å². The van der Waals surface area contributed by atoms with Gasteiger partial charge >= 0.3 is 0 Å². The van der Waals surface area contributed by atoms with E-state index in [2.05, 4.69) is 51.2 Å². The summed E-state index contributed by atoms with van der Waals surface area (Å²) in [5, 5.41) is 5.11. The van der Waals surface area contributed by atoms with Crippen LogP contribution in [0.15, 0.2) is 83.1 Å². The first-order valence-corrected chi connectivity index (χ1v) is 13.0. The Kier molecular flexibility index (Phi) is 10.00. The lowest BCUT2D eigenvalue weighted by atomic mass is 10.1. The first-order chi connectivity index (χ1) is 16.1. The lowest BCUT2D eigenvalue weighted by Gasteiger charge is -2.06. The first-order valence-electron chi connectivity index (χ1n) is 10.6. The van der Waals surface area contributed by atoms with E-state index in [1.165, 1.54) is 0 Å². The molecule has 5 nitrogen and oxygen atoms in total. The molecular weight excluding hydrogens is 470 g/mol. The highest BCUT2D eigenvalue weighted by molar-refractivity contribution is 7.99. The number of thioether (sulfide) groups is 2. The Morgan fingerprint density at radius 2 is 1.18 bits per heavy atom. The number of rotatable bonds is 7. The second kappa shape index (κ2) is 13.2. The molecule has 0 amide bonds. The van der Waals surface area contributed by atoms with Crippen molar-refractivity contribution in [2.45, 2.75) is 24.2 Å². The van der Waals surface area contributed by atoms with Crippen molar-refractivity contribution in [1.82, 2.24) is 19.9 Å². The molecule has 2 heterocycles. The van der Waals surface area contributed by atoms with Crippen molar-refractivity contribution in [2.24, 2.45) is 0 Å². The molecule has 0 aliphatic rings. The van der Waals surface area contributed by atoms with Gasteiger partial charge in [0, 0.05) is 30.3 Å². The van der Waals surface area contributed by atoms with Gasteiger partial charge in [-0.2, -0.15) is 0 Å². The summed E-state index contributed by atoms with van der Waals surface area (Å²) in [5.74, 6) is 2.77. The number of hydrogen-bond donors (Lipinski definition) is 1. The second-order valence-corrected chi connectivity index (χ2v) is 9.48. The van der Waals surface area contributed by atoms with Crippen LogP contribution < -0.4 is 5.32 Å². The van der Waals surface area contributed by atoms with E-state index in [0.29, 0.717) is 5.15 Å². The van der Waals surface area contributed by atoms with Crippen LogP contribution in [0.1, 0.15) is 13.8 Å². The third-order valence-electron chi connectivity index (χ3n) is 4.32. The minimum Gasteiger partial charge on any atom is -0.373 e. The quantitative estimate of drug-likeness (QED) is 0.165. The summed E-state index contributed by atoms with van der Waals surface area (Å²) >= 11 is 9.21. The number of nitrogens with zero attached hydrogens (tertiary/aromatic N) is 4. The average Bonchev–Trinajstić information content (AvgIpc) is 2.85. The first kappa shape index (κ1) is 25.0. The van der Waals surface area contributed by atoms with Gasteiger partial charge in [0.15, 0.2) is 10.3 Å². The van der Waals surface area contributed by atoms with E-state index in [9.17, 15) is 0 Å². The Hall–Kier alpha value is -2.61. The molecule has 0 saturated heterocycles. The molecule has 4 rings (SSSR count). The predicted octanol–water partition coefficient (Wildman–Crippen LogP) is 7.21. The summed E-state index contributed by atoms with van der Waals surface area (Å²) in [6.07, 6.45) is 0. The molecular formula is C25H26ClN5S2. The van der Waals surface area contributed by atoms with E-state index in [1.807, 2.05) is 61.6 Å². The molecule has 0 saturated carbocycles. The van der Waals surface area contributed by atoms with Crippen molar-refractivity contribution >= 4 is 40.9 Å². The molecule has 8 heteroatoms. The van der Waals surface area contributed by atoms with Gasteiger partial charge in [0.25, 0.3) is 0 Å². The Labute approximate surface area is 208 Å². The molecule has 0 aliphatic carbocycles. The number of halogens is 1. The van der Waals surface area contributed by atoms with Crippen LogP contribution in [0, 0.1) is 0 Å². The van der Waals surface area contributed by atoms with Crippen molar-refractivity contribution in [1.29, 1.82) is 0 Å². The maximum Gasteiger partial charge on any atom is 0.190 e. The molecule has 0 spiro atoms. The number of aromatic nitrogens is 4. The maximum atomic E-state index is 5.97. The fourth-order valence-corrected chi connectivity index (χ4v) is 4.25. The smallest absolute Gasteiger partial charge is 0.190 e. The third kappa shape index (κ3) is 7.74. The van der Waals surface area contributed by atoms with Crippen molar-refractivity contribution in [3.8, 4) is 22.5 Å². The van der Waals surface area contributed by atoms with E-state index in [1.54, 1.807) is 29.6 Å². The zero-order chi connectivity index (χ0) is 23.5. The fourth-order valence-electron chi connectivity index (χ4n) is 2.85. The molecule has 170 valence electrons. The van der Waals surface area contributed by atoms with Crippen molar-refractivity contribution in [3.05, 3.63) is 77.9 Å². The minimum absolute atomic E-state index is 0.491. The molecule has 0 bridgehead atoms. The van der Waals surface area contributed by atoms with Gasteiger partial charge in [0.2, 0.25) is 0 Å². The van der Waals surface area contributed by atoms with Crippen LogP contribution in [0.25, 0.3) is 22.5 Å². The van der Waals surface area contributed by atoms with Gasteiger partial charge in [-0.15, -0.1) is 0 Å². The lowest BCUT2D eigenvalue weighted by Crippen LogP contribution is -1.97. The summed E-state index contributed by atoms with van der Waals surface area (Å²) < 4.78 is 0. The topological polar surface area (TPSA) is 63.6 Å². The zero-order valence-electron chi connectivity index (χ0n) is 18.8. The molecule has 0 radical (unpaired) electrons. The molecule has 0 fully saturated rings. The summed E-state index contributed by atoms with van der Waals surface area (Å²) in [5.41, 5.74) is 4.01. The maximum absolute atomic E-state index is 5.97. The normalized spacial score (nSPS) is 10.3. The van der Waals surface area contributed by atoms with E-state index < -0.39 is 0 Å². The molecule has 0 atom stereocenters. The highest BCUT2D eigenvalue weighted by Gasteiger charge is 2.06. The molecule has 33 heavy (non-hydrogen) atoms. The Balaban J connectivity index is 0.000000186. The van der Waals surface area contributed by atoms with Gasteiger partial charge in [-0.3, -0.25) is 0 Å². The summed E-state index contributed by atoms with van der Waals surface area (Å²) in [7, 11) is 1.87. The molecule has 1 N–H and O–H groups in total. The van der Waals surface area contributed by atoms with Crippen LogP contribution in [0.5, 0.6) is 0 Å². The number of nitrogens with one attached hydrogen (secondary N) is 1. The van der Waals surface area contributed by atoms with Gasteiger partial charge in [-0.25, -0.2) is 19.9 Å². The third-order valence-corrected chi connectivity index (χ3v) is 5.97. The van der Waals surface area contributed by atoms with Crippen LogP contribution in [-0.2, 0) is 0 Å². The van der Waals surface area contributed by atoms with Gasteiger partial charge in [-0.05, 0) is 11.5 Å². The largest absolute Gasteiger partial charge is 0.373 e. The van der Waals surface area contributed by atoms with E-state index in [4.69, 9.17) is 11.6 Å². The standard InChI is InChI=1S/C13H15N3S.C12H11ClN2S/c1-3-17-13-15-11(9-12(14-2)16-13)10-7-5-4-6-8-10;1-2-16-12-14-10(8-11(13)15-12)9-6-4-3-5-7-9/h4-9H,3H2,1-2H3,(H,14,15,16);3-8H,2H2,1H3. The monoisotopic (exact) mass is 495 g/mol. The Morgan fingerprint density at radius 3 is 1.67 bits per heavy atom. The van der Waals surface area contributed by atoms with Crippen LogP contribution in [-0.4, -0.2) is 38.5 Å². The van der Waals surface area contributed by atoms with Crippen molar-refractivity contribution in [2.75, 3.05) is 23.9 Å². The van der Waals surface area contributed by atoms with E-state index in [0.717, 1.165) is 50.2 Å². The Bertz CT molecular complexity index is 1140. The zero-order valence-corrected chi connectivity index (χ0v) is 21.2. The molecule has 4 aromatic rings. The van der Waals surface area contributed by atoms with Gasteiger partial charge in [-0.1, -0.05) is 110 Å². The molecule has 2 aromatic carbocycles. The molecule has 0 unspecified atom stereocenters. The van der Waals surface area contributed by atoms with E-state index >= 15 is 0 Å². The van der Waals surface area contributed by atoms with Gasteiger partial charge < -0.3 is 5.32 Å². The molecule has 0 aliphatic heterocycles. The molecule has 2 aromatic heterocycles.